The molecule has 7 heteroatoms. The number of sulfonamides is 1. The molecule has 0 bridgehead atoms. The SMILES string of the molecule is CC1CC(C(=O)O)CCN1S(=O)(=O)c1ccc(F)cc1. The molecule has 1 aromatic carbocycles. The summed E-state index contributed by atoms with van der Waals surface area (Å²) in [6.45, 7) is 1.86. The van der Waals surface area contributed by atoms with Crippen LogP contribution >= 0.6 is 0 Å². The van der Waals surface area contributed by atoms with E-state index < -0.39 is 27.7 Å². The van der Waals surface area contributed by atoms with E-state index in [2.05, 4.69) is 0 Å². The van der Waals surface area contributed by atoms with Crippen molar-refractivity contribution in [2.24, 2.45) is 5.92 Å². The number of carbonyl (C=O) groups is 1. The minimum Gasteiger partial charge on any atom is -0.481 e. The molecule has 1 aliphatic rings. The predicted molar refractivity (Wildman–Crippen MR) is 70.1 cm³/mol. The van der Waals surface area contributed by atoms with Gasteiger partial charge in [-0.2, -0.15) is 4.31 Å². The highest BCUT2D eigenvalue weighted by atomic mass is 32.2. The summed E-state index contributed by atoms with van der Waals surface area (Å²) in [5.74, 6) is -1.90. The Morgan fingerprint density at radius 1 is 1.35 bits per heavy atom. The smallest absolute Gasteiger partial charge is 0.306 e. The first-order chi connectivity index (χ1) is 9.32. The maximum Gasteiger partial charge on any atom is 0.306 e. The topological polar surface area (TPSA) is 74.7 Å². The Kier molecular flexibility index (Phi) is 4.10. The van der Waals surface area contributed by atoms with E-state index in [0.717, 1.165) is 12.1 Å². The quantitative estimate of drug-likeness (QED) is 0.922. The number of nitrogens with zero attached hydrogens (tertiary/aromatic N) is 1. The number of benzene rings is 1. The molecule has 0 aliphatic carbocycles. The number of hydrogen-bond acceptors (Lipinski definition) is 3. The average molecular weight is 301 g/mol. The van der Waals surface area contributed by atoms with Crippen molar-refractivity contribution in [3.8, 4) is 0 Å². The van der Waals surface area contributed by atoms with Crippen LogP contribution in [-0.4, -0.2) is 36.4 Å². The molecule has 1 aromatic rings. The van der Waals surface area contributed by atoms with Gasteiger partial charge in [-0.15, -0.1) is 0 Å². The van der Waals surface area contributed by atoms with Gasteiger partial charge in [-0.05, 0) is 44.0 Å². The monoisotopic (exact) mass is 301 g/mol. The third-order valence-electron chi connectivity index (χ3n) is 3.58. The lowest BCUT2D eigenvalue weighted by molar-refractivity contribution is -0.143. The second-order valence-corrected chi connectivity index (χ2v) is 6.87. The molecule has 1 heterocycles. The summed E-state index contributed by atoms with van der Waals surface area (Å²) in [5, 5.41) is 8.98. The van der Waals surface area contributed by atoms with Gasteiger partial charge in [-0.1, -0.05) is 0 Å². The Balaban J connectivity index is 2.23. The number of carboxylic acid groups (broad SMARTS) is 1. The van der Waals surface area contributed by atoms with Crippen molar-refractivity contribution >= 4 is 16.0 Å². The summed E-state index contributed by atoms with van der Waals surface area (Å²) >= 11 is 0. The maximum absolute atomic E-state index is 12.9. The first-order valence-corrected chi connectivity index (χ1v) is 7.76. The van der Waals surface area contributed by atoms with Crippen LogP contribution in [0.3, 0.4) is 0 Å². The zero-order valence-corrected chi connectivity index (χ0v) is 11.8. The van der Waals surface area contributed by atoms with Gasteiger partial charge < -0.3 is 5.11 Å². The predicted octanol–water partition coefficient (Wildman–Crippen LogP) is 1.70. The second kappa shape index (κ2) is 5.49. The van der Waals surface area contributed by atoms with Crippen molar-refractivity contribution in [3.63, 3.8) is 0 Å². The van der Waals surface area contributed by atoms with Crippen LogP contribution in [0, 0.1) is 11.7 Å². The molecule has 5 nitrogen and oxygen atoms in total. The Hall–Kier alpha value is -1.47. The fraction of sp³-hybridized carbons (Fsp3) is 0.462. The second-order valence-electron chi connectivity index (χ2n) is 4.98. The molecule has 2 rings (SSSR count). The molecule has 0 amide bonds. The maximum atomic E-state index is 12.9. The van der Waals surface area contributed by atoms with Crippen LogP contribution in [0.4, 0.5) is 4.39 Å². The Labute approximate surface area is 117 Å². The van der Waals surface area contributed by atoms with Gasteiger partial charge in [0.05, 0.1) is 10.8 Å². The van der Waals surface area contributed by atoms with Crippen LogP contribution in [0.15, 0.2) is 29.2 Å². The third kappa shape index (κ3) is 2.83. The van der Waals surface area contributed by atoms with Crippen molar-refractivity contribution in [2.75, 3.05) is 6.54 Å². The lowest BCUT2D eigenvalue weighted by Crippen LogP contribution is -2.45. The molecule has 2 atom stereocenters. The van der Waals surface area contributed by atoms with Crippen LogP contribution in [0.5, 0.6) is 0 Å². The lowest BCUT2D eigenvalue weighted by atomic mass is 9.93. The Morgan fingerprint density at radius 3 is 2.45 bits per heavy atom. The van der Waals surface area contributed by atoms with E-state index in [-0.39, 0.29) is 23.9 Å². The van der Waals surface area contributed by atoms with Gasteiger partial charge in [-0.25, -0.2) is 12.8 Å². The van der Waals surface area contributed by atoms with Crippen molar-refractivity contribution in [1.29, 1.82) is 0 Å². The summed E-state index contributed by atoms with van der Waals surface area (Å²) < 4.78 is 39.0. The lowest BCUT2D eigenvalue weighted by Gasteiger charge is -2.35. The van der Waals surface area contributed by atoms with Crippen molar-refractivity contribution < 1.29 is 22.7 Å². The molecule has 0 aromatic heterocycles. The van der Waals surface area contributed by atoms with Gasteiger partial charge >= 0.3 is 5.97 Å². The van der Waals surface area contributed by atoms with E-state index in [0.29, 0.717) is 6.42 Å². The molecule has 1 N–H and O–H groups in total. The molecule has 0 saturated carbocycles. The van der Waals surface area contributed by atoms with Gasteiger partial charge in [-0.3, -0.25) is 4.79 Å². The van der Waals surface area contributed by atoms with Crippen LogP contribution in [0.2, 0.25) is 0 Å². The normalized spacial score (nSPS) is 24.5. The third-order valence-corrected chi connectivity index (χ3v) is 5.61. The summed E-state index contributed by atoms with van der Waals surface area (Å²) in [5.41, 5.74) is 0. The molecule has 0 spiro atoms. The number of hydrogen-bond donors (Lipinski definition) is 1. The standard InChI is InChI=1S/C13H16FNO4S/c1-9-8-10(13(16)17)6-7-15(9)20(18,19)12-4-2-11(14)3-5-12/h2-5,9-10H,6-8H2,1H3,(H,16,17). The largest absolute Gasteiger partial charge is 0.481 e. The summed E-state index contributed by atoms with van der Waals surface area (Å²) in [7, 11) is -3.70. The van der Waals surface area contributed by atoms with E-state index in [9.17, 15) is 17.6 Å². The highest BCUT2D eigenvalue weighted by Gasteiger charge is 2.36. The summed E-state index contributed by atoms with van der Waals surface area (Å²) in [4.78, 5) is 11.0. The van der Waals surface area contributed by atoms with Crippen LogP contribution in [0.1, 0.15) is 19.8 Å². The summed E-state index contributed by atoms with van der Waals surface area (Å²) in [6.07, 6.45) is 0.579. The van der Waals surface area contributed by atoms with E-state index in [4.69, 9.17) is 5.11 Å². The highest BCUT2D eigenvalue weighted by molar-refractivity contribution is 7.89. The molecule has 1 saturated heterocycles. The summed E-state index contributed by atoms with van der Waals surface area (Å²) in [6, 6.07) is 4.25. The zero-order chi connectivity index (χ0) is 14.9. The number of carboxylic acids is 1. The van der Waals surface area contributed by atoms with Crippen LogP contribution in [-0.2, 0) is 14.8 Å². The molecular formula is C13H16FNO4S. The van der Waals surface area contributed by atoms with E-state index in [1.165, 1.54) is 16.4 Å². The molecule has 1 aliphatic heterocycles. The van der Waals surface area contributed by atoms with E-state index >= 15 is 0 Å². The van der Waals surface area contributed by atoms with Gasteiger partial charge in [0.25, 0.3) is 0 Å². The average Bonchev–Trinajstić information content (AvgIpc) is 2.38. The number of halogens is 1. The van der Waals surface area contributed by atoms with E-state index in [1.807, 2.05) is 0 Å². The fourth-order valence-corrected chi connectivity index (χ4v) is 4.13. The van der Waals surface area contributed by atoms with Gasteiger partial charge in [0.15, 0.2) is 0 Å². The van der Waals surface area contributed by atoms with Crippen LogP contribution < -0.4 is 0 Å². The van der Waals surface area contributed by atoms with Gasteiger partial charge in [0.2, 0.25) is 10.0 Å². The first-order valence-electron chi connectivity index (χ1n) is 6.32. The molecule has 2 unspecified atom stereocenters. The zero-order valence-electron chi connectivity index (χ0n) is 11.0. The van der Waals surface area contributed by atoms with Crippen molar-refractivity contribution in [2.45, 2.75) is 30.7 Å². The number of aliphatic carboxylic acids is 1. The van der Waals surface area contributed by atoms with Crippen LogP contribution in [0.25, 0.3) is 0 Å². The molecule has 0 radical (unpaired) electrons. The van der Waals surface area contributed by atoms with E-state index in [1.54, 1.807) is 6.92 Å². The highest BCUT2D eigenvalue weighted by Crippen LogP contribution is 2.28. The molecule has 20 heavy (non-hydrogen) atoms. The number of piperidine rings is 1. The van der Waals surface area contributed by atoms with Gasteiger partial charge in [0.1, 0.15) is 5.82 Å². The van der Waals surface area contributed by atoms with Crippen molar-refractivity contribution in [3.05, 3.63) is 30.1 Å². The Morgan fingerprint density at radius 2 is 1.95 bits per heavy atom. The number of rotatable bonds is 3. The first kappa shape index (κ1) is 14.9. The van der Waals surface area contributed by atoms with Crippen molar-refractivity contribution in [1.82, 2.24) is 4.31 Å². The molecular weight excluding hydrogens is 285 g/mol. The molecule has 110 valence electrons. The minimum atomic E-state index is -3.70. The minimum absolute atomic E-state index is 0.0273. The Bertz CT molecular complexity index is 599. The fourth-order valence-electron chi connectivity index (χ4n) is 2.47. The molecule has 1 fully saturated rings. The van der Waals surface area contributed by atoms with Gasteiger partial charge in [0, 0.05) is 12.6 Å².